The number of nitrogens with one attached hydrogen (secondary N) is 1. The maximum absolute atomic E-state index is 11.4. The van der Waals surface area contributed by atoms with Gasteiger partial charge >= 0.3 is 5.97 Å². The van der Waals surface area contributed by atoms with Gasteiger partial charge in [0.1, 0.15) is 6.10 Å². The van der Waals surface area contributed by atoms with Crippen LogP contribution < -0.4 is 5.32 Å². The fourth-order valence-corrected chi connectivity index (χ4v) is 1.91. The highest BCUT2D eigenvalue weighted by Gasteiger charge is 2.19. The number of carbonyl (C=O) groups is 1. The molecule has 1 N–H and O–H groups in total. The van der Waals surface area contributed by atoms with Crippen molar-refractivity contribution in [3.05, 3.63) is 0 Å². The fraction of sp³-hybridized carbons (Fsp3) is 0.909. The lowest BCUT2D eigenvalue weighted by atomic mass is 10.2. The molecule has 1 fully saturated rings. The van der Waals surface area contributed by atoms with Gasteiger partial charge in [0, 0.05) is 6.04 Å². The van der Waals surface area contributed by atoms with Gasteiger partial charge in [0.15, 0.2) is 0 Å². The average molecular weight is 199 g/mol. The summed E-state index contributed by atoms with van der Waals surface area (Å²) in [5.74, 6) is -0.0506. The largest absolute Gasteiger partial charge is 0.462 e. The molecule has 0 aliphatic heterocycles. The molecule has 82 valence electrons. The van der Waals surface area contributed by atoms with Crippen LogP contribution in [0.15, 0.2) is 0 Å². The van der Waals surface area contributed by atoms with E-state index in [0.29, 0.717) is 6.42 Å². The summed E-state index contributed by atoms with van der Waals surface area (Å²) >= 11 is 0. The Hall–Kier alpha value is -0.570. The van der Waals surface area contributed by atoms with Crippen LogP contribution in [0.4, 0.5) is 0 Å². The Morgan fingerprint density at radius 2 is 2.14 bits per heavy atom. The van der Waals surface area contributed by atoms with Gasteiger partial charge in [0.05, 0.1) is 6.42 Å². The number of hydrogen-bond acceptors (Lipinski definition) is 3. The molecule has 14 heavy (non-hydrogen) atoms. The van der Waals surface area contributed by atoms with Gasteiger partial charge in [-0.3, -0.25) is 4.79 Å². The molecular formula is C11H21NO2. The number of esters is 1. The molecule has 0 bridgehead atoms. The first kappa shape index (κ1) is 11.5. The molecule has 1 rings (SSSR count). The molecule has 0 aromatic carbocycles. The van der Waals surface area contributed by atoms with Crippen molar-refractivity contribution in [2.45, 2.75) is 58.1 Å². The Kier molecular flexibility index (Phi) is 4.94. The van der Waals surface area contributed by atoms with E-state index in [2.05, 4.69) is 5.32 Å². The zero-order valence-electron chi connectivity index (χ0n) is 9.21. The van der Waals surface area contributed by atoms with E-state index in [1.807, 2.05) is 13.8 Å². The van der Waals surface area contributed by atoms with E-state index in [1.54, 1.807) is 0 Å². The minimum Gasteiger partial charge on any atom is -0.462 e. The molecule has 3 nitrogen and oxygen atoms in total. The van der Waals surface area contributed by atoms with Gasteiger partial charge in [-0.1, -0.05) is 6.92 Å². The first-order valence-corrected chi connectivity index (χ1v) is 5.65. The van der Waals surface area contributed by atoms with Crippen LogP contribution in [-0.2, 0) is 9.53 Å². The van der Waals surface area contributed by atoms with Crippen LogP contribution in [0, 0.1) is 0 Å². The molecule has 3 heteroatoms. The summed E-state index contributed by atoms with van der Waals surface area (Å²) in [5.41, 5.74) is 0. The van der Waals surface area contributed by atoms with Crippen LogP contribution in [0.3, 0.4) is 0 Å². The van der Waals surface area contributed by atoms with Crippen molar-refractivity contribution in [2.24, 2.45) is 0 Å². The van der Waals surface area contributed by atoms with Crippen molar-refractivity contribution in [1.82, 2.24) is 5.32 Å². The summed E-state index contributed by atoms with van der Waals surface area (Å²) in [6.45, 7) is 4.95. The topological polar surface area (TPSA) is 38.3 Å². The normalized spacial score (nSPS) is 19.6. The van der Waals surface area contributed by atoms with Crippen LogP contribution in [0.2, 0.25) is 0 Å². The fourth-order valence-electron chi connectivity index (χ4n) is 1.91. The van der Waals surface area contributed by atoms with Crippen LogP contribution >= 0.6 is 0 Å². The molecule has 0 amide bonds. The van der Waals surface area contributed by atoms with Gasteiger partial charge in [-0.15, -0.1) is 0 Å². The smallest absolute Gasteiger partial charge is 0.307 e. The molecule has 0 radical (unpaired) electrons. The third kappa shape index (κ3) is 4.09. The minimum absolute atomic E-state index is 0.0506. The Labute approximate surface area is 86.2 Å². The summed E-state index contributed by atoms with van der Waals surface area (Å²) in [7, 11) is 0. The van der Waals surface area contributed by atoms with E-state index in [9.17, 15) is 4.79 Å². The number of rotatable bonds is 5. The molecule has 1 saturated carbocycles. The summed E-state index contributed by atoms with van der Waals surface area (Å²) in [6.07, 6.45) is 5.23. The lowest BCUT2D eigenvalue weighted by molar-refractivity contribution is -0.149. The van der Waals surface area contributed by atoms with Crippen molar-refractivity contribution < 1.29 is 9.53 Å². The number of ether oxygens (including phenoxy) is 1. The lowest BCUT2D eigenvalue weighted by Gasteiger charge is -2.14. The van der Waals surface area contributed by atoms with Crippen LogP contribution in [-0.4, -0.2) is 24.7 Å². The predicted octanol–water partition coefficient (Wildman–Crippen LogP) is 1.86. The van der Waals surface area contributed by atoms with Crippen molar-refractivity contribution >= 4 is 5.97 Å². The van der Waals surface area contributed by atoms with E-state index >= 15 is 0 Å². The van der Waals surface area contributed by atoms with E-state index in [0.717, 1.165) is 19.4 Å². The van der Waals surface area contributed by atoms with Gasteiger partial charge in [0.25, 0.3) is 0 Å². The molecule has 0 aromatic rings. The van der Waals surface area contributed by atoms with Gasteiger partial charge < -0.3 is 10.1 Å². The minimum atomic E-state index is -0.0506. The Morgan fingerprint density at radius 1 is 1.50 bits per heavy atom. The van der Waals surface area contributed by atoms with Crippen molar-refractivity contribution in [3.8, 4) is 0 Å². The van der Waals surface area contributed by atoms with Crippen LogP contribution in [0.25, 0.3) is 0 Å². The van der Waals surface area contributed by atoms with Gasteiger partial charge in [-0.25, -0.2) is 0 Å². The molecule has 1 aliphatic rings. The van der Waals surface area contributed by atoms with Crippen LogP contribution in [0.5, 0.6) is 0 Å². The molecule has 0 heterocycles. The maximum atomic E-state index is 11.4. The van der Waals surface area contributed by atoms with Crippen molar-refractivity contribution in [3.63, 3.8) is 0 Å². The quantitative estimate of drug-likeness (QED) is 0.687. The monoisotopic (exact) mass is 199 g/mol. The summed E-state index contributed by atoms with van der Waals surface area (Å²) in [4.78, 5) is 11.4. The first-order valence-electron chi connectivity index (χ1n) is 5.65. The third-order valence-corrected chi connectivity index (χ3v) is 2.63. The summed E-state index contributed by atoms with van der Waals surface area (Å²) in [6, 6.07) is 0.230. The Balaban J connectivity index is 2.14. The zero-order valence-corrected chi connectivity index (χ0v) is 9.21. The van der Waals surface area contributed by atoms with Crippen molar-refractivity contribution in [1.29, 1.82) is 0 Å². The summed E-state index contributed by atoms with van der Waals surface area (Å²) in [5, 5.41) is 3.20. The zero-order chi connectivity index (χ0) is 10.4. The van der Waals surface area contributed by atoms with E-state index in [4.69, 9.17) is 4.74 Å². The highest BCUT2D eigenvalue weighted by molar-refractivity contribution is 5.70. The van der Waals surface area contributed by atoms with E-state index < -0.39 is 0 Å². The van der Waals surface area contributed by atoms with Gasteiger partial charge in [0.2, 0.25) is 0 Å². The van der Waals surface area contributed by atoms with Gasteiger partial charge in [-0.05, 0) is 39.2 Å². The number of carbonyl (C=O) groups excluding carboxylic acids is 1. The summed E-state index contributed by atoms with van der Waals surface area (Å²) < 4.78 is 5.35. The molecule has 1 atom stereocenters. The first-order chi connectivity index (χ1) is 6.72. The lowest BCUT2D eigenvalue weighted by Crippen LogP contribution is -2.29. The highest BCUT2D eigenvalue weighted by Crippen LogP contribution is 2.21. The van der Waals surface area contributed by atoms with Gasteiger partial charge in [-0.2, -0.15) is 0 Å². The Bertz CT molecular complexity index is 176. The molecular weight excluding hydrogens is 178 g/mol. The second kappa shape index (κ2) is 6.02. The highest BCUT2D eigenvalue weighted by atomic mass is 16.5. The molecule has 0 aromatic heterocycles. The standard InChI is InChI=1S/C11H21NO2/c1-3-12-9(2)8-11(13)14-10-6-4-5-7-10/h9-10,12H,3-8H2,1-2H3. The maximum Gasteiger partial charge on any atom is 0.307 e. The molecule has 0 spiro atoms. The van der Waals surface area contributed by atoms with Crippen molar-refractivity contribution in [2.75, 3.05) is 6.54 Å². The molecule has 1 unspecified atom stereocenters. The molecule has 0 saturated heterocycles. The third-order valence-electron chi connectivity index (χ3n) is 2.63. The van der Waals surface area contributed by atoms with E-state index in [1.165, 1.54) is 12.8 Å². The Morgan fingerprint density at radius 3 is 2.71 bits per heavy atom. The van der Waals surface area contributed by atoms with E-state index in [-0.39, 0.29) is 18.1 Å². The molecule has 1 aliphatic carbocycles. The average Bonchev–Trinajstić information content (AvgIpc) is 2.56. The van der Waals surface area contributed by atoms with Crippen LogP contribution in [0.1, 0.15) is 46.0 Å². The predicted molar refractivity (Wildman–Crippen MR) is 56.1 cm³/mol. The second-order valence-electron chi connectivity index (χ2n) is 4.06. The SMILES string of the molecule is CCNC(C)CC(=O)OC1CCCC1. The number of hydrogen-bond donors (Lipinski definition) is 1. The second-order valence-corrected chi connectivity index (χ2v) is 4.06.